The van der Waals surface area contributed by atoms with Crippen molar-refractivity contribution in [3.63, 3.8) is 0 Å². The summed E-state index contributed by atoms with van der Waals surface area (Å²) < 4.78 is 43.4. The molecule has 0 aromatic heterocycles. The molecule has 0 saturated heterocycles. The van der Waals surface area contributed by atoms with E-state index in [4.69, 9.17) is 4.74 Å². The normalized spacial score (nSPS) is 15.1. The molecule has 2 aromatic rings. The Morgan fingerprint density at radius 3 is 2.35 bits per heavy atom. The van der Waals surface area contributed by atoms with Crippen LogP contribution >= 0.6 is 0 Å². The number of benzene rings is 2. The number of nitrogens with one attached hydrogen (secondary N) is 1. The summed E-state index contributed by atoms with van der Waals surface area (Å²) in [5.74, 6) is 0.211. The molecule has 1 N–H and O–H groups in total. The second-order valence-corrected chi connectivity index (χ2v) is 6.46. The molecule has 1 amide bonds. The molecule has 26 heavy (non-hydrogen) atoms. The van der Waals surface area contributed by atoms with Crippen molar-refractivity contribution < 1.29 is 22.7 Å². The quantitative estimate of drug-likeness (QED) is 0.831. The van der Waals surface area contributed by atoms with Crippen LogP contribution in [0.2, 0.25) is 0 Å². The van der Waals surface area contributed by atoms with Crippen LogP contribution in [0, 0.1) is 0 Å². The summed E-state index contributed by atoms with van der Waals surface area (Å²) in [5, 5.41) is 2.57. The lowest BCUT2D eigenvalue weighted by molar-refractivity contribution is -0.137. The maximum Gasteiger partial charge on any atom is 0.416 e. The van der Waals surface area contributed by atoms with Gasteiger partial charge in [-0.2, -0.15) is 13.2 Å². The Bertz CT molecular complexity index is 785. The third-order valence-corrected chi connectivity index (χ3v) is 4.48. The Morgan fingerprint density at radius 1 is 1.04 bits per heavy atom. The standard InChI is InChI=1S/C20H20F3NO2/c1-13(26-18-11-6-14-4-2-3-5-15(14)12-18)19(25)24-17-9-7-16(8-10-17)20(21,22)23/h6-13H,2-5H2,1H3,(H,24,25)/t13-/m0/s1. The van der Waals surface area contributed by atoms with Gasteiger partial charge in [-0.15, -0.1) is 0 Å². The Hall–Kier alpha value is -2.50. The van der Waals surface area contributed by atoms with Gasteiger partial charge in [0, 0.05) is 5.69 Å². The van der Waals surface area contributed by atoms with Gasteiger partial charge in [-0.25, -0.2) is 0 Å². The fraction of sp³-hybridized carbons (Fsp3) is 0.350. The molecular weight excluding hydrogens is 343 g/mol. The molecule has 2 aromatic carbocycles. The van der Waals surface area contributed by atoms with Gasteiger partial charge in [-0.1, -0.05) is 6.07 Å². The summed E-state index contributed by atoms with van der Waals surface area (Å²) in [7, 11) is 0. The molecule has 0 unspecified atom stereocenters. The number of alkyl halides is 3. The lowest BCUT2D eigenvalue weighted by Gasteiger charge is -2.19. The molecule has 0 heterocycles. The van der Waals surface area contributed by atoms with E-state index in [2.05, 4.69) is 5.32 Å². The fourth-order valence-corrected chi connectivity index (χ4v) is 3.03. The van der Waals surface area contributed by atoms with Crippen molar-refractivity contribution >= 4 is 11.6 Å². The largest absolute Gasteiger partial charge is 0.481 e. The maximum absolute atomic E-state index is 12.6. The number of hydrogen-bond donors (Lipinski definition) is 1. The summed E-state index contributed by atoms with van der Waals surface area (Å²) in [6.45, 7) is 1.61. The Morgan fingerprint density at radius 2 is 1.69 bits per heavy atom. The second-order valence-electron chi connectivity index (χ2n) is 6.46. The number of hydrogen-bond acceptors (Lipinski definition) is 2. The van der Waals surface area contributed by atoms with Crippen LogP contribution in [-0.2, 0) is 23.8 Å². The van der Waals surface area contributed by atoms with Crippen LogP contribution in [0.3, 0.4) is 0 Å². The van der Waals surface area contributed by atoms with Gasteiger partial charge < -0.3 is 10.1 Å². The van der Waals surface area contributed by atoms with Gasteiger partial charge in [0.1, 0.15) is 5.75 Å². The summed E-state index contributed by atoms with van der Waals surface area (Å²) >= 11 is 0. The van der Waals surface area contributed by atoms with Crippen LogP contribution in [0.1, 0.15) is 36.5 Å². The van der Waals surface area contributed by atoms with E-state index in [1.54, 1.807) is 6.92 Å². The van der Waals surface area contributed by atoms with E-state index in [9.17, 15) is 18.0 Å². The second kappa shape index (κ2) is 7.40. The van der Waals surface area contributed by atoms with Crippen LogP contribution in [-0.4, -0.2) is 12.0 Å². The number of carbonyl (C=O) groups is 1. The lowest BCUT2D eigenvalue weighted by atomic mass is 9.92. The number of aryl methyl sites for hydroxylation is 2. The van der Waals surface area contributed by atoms with Crippen LogP contribution in [0.15, 0.2) is 42.5 Å². The van der Waals surface area contributed by atoms with Gasteiger partial charge in [0.05, 0.1) is 5.56 Å². The molecule has 1 atom stereocenters. The predicted molar refractivity (Wildman–Crippen MR) is 93.2 cm³/mol. The Balaban J connectivity index is 1.61. The van der Waals surface area contributed by atoms with Crippen molar-refractivity contribution in [1.82, 2.24) is 0 Å². The molecule has 0 spiro atoms. The van der Waals surface area contributed by atoms with Gasteiger partial charge in [0.15, 0.2) is 6.10 Å². The number of rotatable bonds is 4. The highest BCUT2D eigenvalue weighted by Crippen LogP contribution is 2.30. The van der Waals surface area contributed by atoms with Crippen molar-refractivity contribution in [1.29, 1.82) is 0 Å². The van der Waals surface area contributed by atoms with Crippen LogP contribution in [0.25, 0.3) is 0 Å². The summed E-state index contributed by atoms with van der Waals surface area (Å²) in [5.41, 5.74) is 2.12. The molecule has 6 heteroatoms. The highest BCUT2D eigenvalue weighted by atomic mass is 19.4. The van der Waals surface area contributed by atoms with E-state index < -0.39 is 23.8 Å². The Labute approximate surface area is 150 Å². The van der Waals surface area contributed by atoms with Crippen molar-refractivity contribution in [2.45, 2.75) is 44.9 Å². The number of fused-ring (bicyclic) bond motifs is 1. The highest BCUT2D eigenvalue weighted by molar-refractivity contribution is 5.94. The van der Waals surface area contributed by atoms with Gasteiger partial charge in [-0.05, 0) is 80.1 Å². The smallest absolute Gasteiger partial charge is 0.416 e. The van der Waals surface area contributed by atoms with Gasteiger partial charge in [0.2, 0.25) is 0 Å². The zero-order valence-electron chi connectivity index (χ0n) is 14.4. The molecule has 0 saturated carbocycles. The van der Waals surface area contributed by atoms with E-state index in [0.29, 0.717) is 11.4 Å². The first-order valence-electron chi connectivity index (χ1n) is 8.59. The third-order valence-electron chi connectivity index (χ3n) is 4.48. The predicted octanol–water partition coefficient (Wildman–Crippen LogP) is 4.99. The van der Waals surface area contributed by atoms with Crippen LogP contribution < -0.4 is 10.1 Å². The zero-order valence-corrected chi connectivity index (χ0v) is 14.4. The summed E-state index contributed by atoms with van der Waals surface area (Å²) in [4.78, 5) is 12.2. The number of amides is 1. The fourth-order valence-electron chi connectivity index (χ4n) is 3.03. The number of carbonyl (C=O) groups excluding carboxylic acids is 1. The first-order chi connectivity index (χ1) is 12.3. The molecule has 1 aliphatic rings. The van der Waals surface area contributed by atoms with E-state index in [-0.39, 0.29) is 0 Å². The average molecular weight is 363 g/mol. The molecule has 0 bridgehead atoms. The van der Waals surface area contributed by atoms with Crippen molar-refractivity contribution in [3.8, 4) is 5.75 Å². The Kier molecular flexibility index (Phi) is 5.20. The molecule has 0 radical (unpaired) electrons. The van der Waals surface area contributed by atoms with E-state index in [0.717, 1.165) is 31.4 Å². The third kappa shape index (κ3) is 4.36. The minimum absolute atomic E-state index is 0.295. The van der Waals surface area contributed by atoms with Crippen LogP contribution in [0.4, 0.5) is 18.9 Å². The average Bonchev–Trinajstić information content (AvgIpc) is 2.61. The zero-order chi connectivity index (χ0) is 18.7. The van der Waals surface area contributed by atoms with E-state index >= 15 is 0 Å². The molecule has 138 valence electrons. The molecule has 1 aliphatic carbocycles. The van der Waals surface area contributed by atoms with Gasteiger partial charge >= 0.3 is 6.18 Å². The monoisotopic (exact) mass is 363 g/mol. The number of anilines is 1. The summed E-state index contributed by atoms with van der Waals surface area (Å²) in [6.07, 6.45) is -0.734. The molecule has 0 aliphatic heterocycles. The summed E-state index contributed by atoms with van der Waals surface area (Å²) in [6, 6.07) is 10.2. The lowest BCUT2D eigenvalue weighted by Crippen LogP contribution is -2.30. The topological polar surface area (TPSA) is 38.3 Å². The molecule has 3 nitrogen and oxygen atoms in total. The first kappa shape index (κ1) is 18.3. The maximum atomic E-state index is 12.6. The van der Waals surface area contributed by atoms with Gasteiger partial charge in [-0.3, -0.25) is 4.79 Å². The minimum Gasteiger partial charge on any atom is -0.481 e. The van der Waals surface area contributed by atoms with E-state index in [1.807, 2.05) is 18.2 Å². The number of halogens is 3. The molecule has 0 fully saturated rings. The van der Waals surface area contributed by atoms with E-state index in [1.165, 1.54) is 29.7 Å². The highest BCUT2D eigenvalue weighted by Gasteiger charge is 2.30. The SMILES string of the molecule is C[C@H](Oc1ccc2c(c1)CCCC2)C(=O)Nc1ccc(C(F)(F)F)cc1. The number of ether oxygens (including phenoxy) is 1. The van der Waals surface area contributed by atoms with Crippen molar-refractivity contribution in [3.05, 3.63) is 59.2 Å². The van der Waals surface area contributed by atoms with Crippen molar-refractivity contribution in [2.24, 2.45) is 0 Å². The van der Waals surface area contributed by atoms with Crippen LogP contribution in [0.5, 0.6) is 5.75 Å². The molecular formula is C20H20F3NO2. The first-order valence-corrected chi connectivity index (χ1v) is 8.59. The molecule has 3 rings (SSSR count). The minimum atomic E-state index is -4.40. The van der Waals surface area contributed by atoms with Crippen molar-refractivity contribution in [2.75, 3.05) is 5.32 Å². The van der Waals surface area contributed by atoms with Gasteiger partial charge in [0.25, 0.3) is 5.91 Å².